The molecule has 0 amide bonds. The van der Waals surface area contributed by atoms with Crippen LogP contribution in [0.2, 0.25) is 0 Å². The average molecular weight is 222 g/mol. The van der Waals surface area contributed by atoms with Crippen LogP contribution in [0.4, 0.5) is 0 Å². The van der Waals surface area contributed by atoms with Gasteiger partial charge in [-0.3, -0.25) is 0 Å². The Bertz CT molecular complexity index is 345. The second kappa shape index (κ2) is 5.21. The van der Waals surface area contributed by atoms with E-state index < -0.39 is 0 Å². The molecule has 0 heterocycles. The minimum atomic E-state index is 0.227. The van der Waals surface area contributed by atoms with E-state index in [-0.39, 0.29) is 6.61 Å². The molecule has 1 saturated carbocycles. The fourth-order valence-corrected chi connectivity index (χ4v) is 1.62. The van der Waals surface area contributed by atoms with Crippen molar-refractivity contribution in [1.29, 1.82) is 0 Å². The first kappa shape index (κ1) is 11.3. The maximum atomic E-state index is 8.80. The van der Waals surface area contributed by atoms with Gasteiger partial charge in [0, 0.05) is 6.61 Å². The molecule has 0 bridgehead atoms. The van der Waals surface area contributed by atoms with Crippen molar-refractivity contribution in [3.63, 3.8) is 0 Å². The third kappa shape index (κ3) is 2.89. The molecule has 1 N–H and O–H groups in total. The van der Waals surface area contributed by atoms with Crippen molar-refractivity contribution in [2.24, 2.45) is 0 Å². The van der Waals surface area contributed by atoms with Gasteiger partial charge < -0.3 is 14.6 Å². The largest absolute Gasteiger partial charge is 0.493 e. The Hall–Kier alpha value is -1.22. The van der Waals surface area contributed by atoms with Gasteiger partial charge in [-0.05, 0) is 43.4 Å². The van der Waals surface area contributed by atoms with E-state index in [2.05, 4.69) is 0 Å². The van der Waals surface area contributed by atoms with E-state index >= 15 is 0 Å². The van der Waals surface area contributed by atoms with Crippen molar-refractivity contribution in [1.82, 2.24) is 0 Å². The highest BCUT2D eigenvalue weighted by molar-refractivity contribution is 5.43. The second-order valence-corrected chi connectivity index (χ2v) is 4.13. The predicted octanol–water partition coefficient (Wildman–Crippen LogP) is 2.16. The summed E-state index contributed by atoms with van der Waals surface area (Å²) in [5.41, 5.74) is 1.19. The van der Waals surface area contributed by atoms with Gasteiger partial charge in [0.1, 0.15) is 0 Å². The Labute approximate surface area is 96.0 Å². The quantitative estimate of drug-likeness (QED) is 0.801. The average Bonchev–Trinajstić information content (AvgIpc) is 3.10. The molecule has 88 valence electrons. The predicted molar refractivity (Wildman–Crippen MR) is 62.1 cm³/mol. The van der Waals surface area contributed by atoms with Crippen LogP contribution in [-0.4, -0.2) is 24.9 Å². The number of aliphatic hydroxyl groups is 1. The van der Waals surface area contributed by atoms with Crippen molar-refractivity contribution in [3.8, 4) is 11.5 Å². The van der Waals surface area contributed by atoms with Gasteiger partial charge in [0.15, 0.2) is 11.5 Å². The molecule has 2 rings (SSSR count). The summed E-state index contributed by atoms with van der Waals surface area (Å²) >= 11 is 0. The SMILES string of the molecule is COc1ccc(CCCO)cc1OC1CC1. The smallest absolute Gasteiger partial charge is 0.161 e. The molecule has 3 nitrogen and oxygen atoms in total. The molecule has 1 aliphatic carbocycles. The lowest BCUT2D eigenvalue weighted by atomic mass is 10.1. The van der Waals surface area contributed by atoms with Gasteiger partial charge >= 0.3 is 0 Å². The Morgan fingerprint density at radius 3 is 2.75 bits per heavy atom. The number of hydrogen-bond donors (Lipinski definition) is 1. The van der Waals surface area contributed by atoms with Crippen LogP contribution in [0.1, 0.15) is 24.8 Å². The first-order valence-electron chi connectivity index (χ1n) is 5.78. The molecule has 0 saturated heterocycles. The van der Waals surface area contributed by atoms with Crippen LogP contribution >= 0.6 is 0 Å². The zero-order valence-electron chi connectivity index (χ0n) is 9.61. The van der Waals surface area contributed by atoms with Crippen LogP contribution in [0.5, 0.6) is 11.5 Å². The van der Waals surface area contributed by atoms with Crippen LogP contribution in [0.25, 0.3) is 0 Å². The van der Waals surface area contributed by atoms with E-state index in [9.17, 15) is 0 Å². The molecule has 0 atom stereocenters. The standard InChI is InChI=1S/C13H18O3/c1-15-12-7-4-10(3-2-8-14)9-13(12)16-11-5-6-11/h4,7,9,11,14H,2-3,5-6,8H2,1H3. The van der Waals surface area contributed by atoms with E-state index in [0.717, 1.165) is 37.2 Å². The van der Waals surface area contributed by atoms with Crippen LogP contribution < -0.4 is 9.47 Å². The van der Waals surface area contributed by atoms with E-state index in [0.29, 0.717) is 6.10 Å². The monoisotopic (exact) mass is 222 g/mol. The molecule has 0 aliphatic heterocycles. The van der Waals surface area contributed by atoms with Crippen molar-refractivity contribution in [2.45, 2.75) is 31.8 Å². The van der Waals surface area contributed by atoms with Crippen molar-refractivity contribution in [2.75, 3.05) is 13.7 Å². The maximum absolute atomic E-state index is 8.80. The normalized spacial score (nSPS) is 14.9. The molecule has 3 heteroatoms. The Balaban J connectivity index is 2.09. The summed E-state index contributed by atoms with van der Waals surface area (Å²) in [5.74, 6) is 1.63. The lowest BCUT2D eigenvalue weighted by Crippen LogP contribution is -2.00. The summed E-state index contributed by atoms with van der Waals surface area (Å²) in [6.45, 7) is 0.227. The topological polar surface area (TPSA) is 38.7 Å². The van der Waals surface area contributed by atoms with Gasteiger partial charge in [0.2, 0.25) is 0 Å². The van der Waals surface area contributed by atoms with Gasteiger partial charge in [0.25, 0.3) is 0 Å². The van der Waals surface area contributed by atoms with Crippen LogP contribution in [0, 0.1) is 0 Å². The number of hydrogen-bond acceptors (Lipinski definition) is 3. The summed E-state index contributed by atoms with van der Waals surface area (Å²) in [4.78, 5) is 0. The molecule has 0 spiro atoms. The van der Waals surface area contributed by atoms with Gasteiger partial charge in [-0.25, -0.2) is 0 Å². The number of ether oxygens (including phenoxy) is 2. The third-order valence-electron chi connectivity index (χ3n) is 2.67. The zero-order chi connectivity index (χ0) is 11.4. The summed E-state index contributed by atoms with van der Waals surface area (Å²) in [6.07, 6.45) is 4.33. The van der Waals surface area contributed by atoms with Crippen molar-refractivity contribution in [3.05, 3.63) is 23.8 Å². The van der Waals surface area contributed by atoms with E-state index in [1.807, 2.05) is 18.2 Å². The van der Waals surface area contributed by atoms with E-state index in [1.165, 1.54) is 5.56 Å². The van der Waals surface area contributed by atoms with Crippen molar-refractivity contribution >= 4 is 0 Å². The molecule has 0 radical (unpaired) electrons. The Morgan fingerprint density at radius 2 is 2.12 bits per heavy atom. The van der Waals surface area contributed by atoms with Crippen LogP contribution in [0.3, 0.4) is 0 Å². The third-order valence-corrected chi connectivity index (χ3v) is 2.67. The minimum absolute atomic E-state index is 0.227. The second-order valence-electron chi connectivity index (χ2n) is 4.13. The number of rotatable bonds is 6. The lowest BCUT2D eigenvalue weighted by molar-refractivity contribution is 0.280. The molecular formula is C13H18O3. The van der Waals surface area contributed by atoms with Crippen LogP contribution in [-0.2, 0) is 6.42 Å². The summed E-state index contributed by atoms with van der Waals surface area (Å²) < 4.78 is 11.0. The van der Waals surface area contributed by atoms with E-state index in [1.54, 1.807) is 7.11 Å². The summed E-state index contributed by atoms with van der Waals surface area (Å²) in [7, 11) is 1.66. The van der Waals surface area contributed by atoms with Gasteiger partial charge in [-0.2, -0.15) is 0 Å². The highest BCUT2D eigenvalue weighted by Crippen LogP contribution is 2.34. The molecule has 1 aromatic carbocycles. The fraction of sp³-hybridized carbons (Fsp3) is 0.538. The summed E-state index contributed by atoms with van der Waals surface area (Å²) in [6, 6.07) is 5.98. The van der Waals surface area contributed by atoms with Gasteiger partial charge in [-0.1, -0.05) is 6.07 Å². The number of aliphatic hydroxyl groups excluding tert-OH is 1. The molecule has 0 aromatic heterocycles. The zero-order valence-corrected chi connectivity index (χ0v) is 9.61. The molecule has 1 aromatic rings. The lowest BCUT2D eigenvalue weighted by Gasteiger charge is -2.11. The highest BCUT2D eigenvalue weighted by atomic mass is 16.5. The minimum Gasteiger partial charge on any atom is -0.493 e. The first-order valence-corrected chi connectivity index (χ1v) is 5.78. The molecule has 16 heavy (non-hydrogen) atoms. The molecular weight excluding hydrogens is 204 g/mol. The van der Waals surface area contributed by atoms with Crippen molar-refractivity contribution < 1.29 is 14.6 Å². The Kier molecular flexibility index (Phi) is 3.67. The number of aryl methyl sites for hydroxylation is 1. The molecule has 0 unspecified atom stereocenters. The maximum Gasteiger partial charge on any atom is 0.161 e. The highest BCUT2D eigenvalue weighted by Gasteiger charge is 2.24. The Morgan fingerprint density at radius 1 is 1.31 bits per heavy atom. The van der Waals surface area contributed by atoms with Gasteiger partial charge in [-0.15, -0.1) is 0 Å². The number of benzene rings is 1. The van der Waals surface area contributed by atoms with Crippen LogP contribution in [0.15, 0.2) is 18.2 Å². The fourth-order valence-electron chi connectivity index (χ4n) is 1.62. The summed E-state index contributed by atoms with van der Waals surface area (Å²) in [5, 5.41) is 8.80. The number of methoxy groups -OCH3 is 1. The van der Waals surface area contributed by atoms with E-state index in [4.69, 9.17) is 14.6 Å². The molecule has 1 fully saturated rings. The first-order chi connectivity index (χ1) is 7.83. The molecule has 1 aliphatic rings. The van der Waals surface area contributed by atoms with Gasteiger partial charge in [0.05, 0.1) is 13.2 Å².